The van der Waals surface area contributed by atoms with E-state index in [1.165, 1.54) is 4.90 Å². The topological polar surface area (TPSA) is 41.6 Å². The van der Waals surface area contributed by atoms with Crippen LogP contribution in [0, 0.1) is 11.8 Å². The Kier molecular flexibility index (Phi) is 2.19. The summed E-state index contributed by atoms with van der Waals surface area (Å²) < 4.78 is 78.6. The van der Waals surface area contributed by atoms with Crippen molar-refractivity contribution >= 4 is 6.09 Å². The number of ether oxygens (including phenoxy) is 1. The second-order valence-electron chi connectivity index (χ2n) is 5.78. The SMILES string of the molecule is [2H]C1([2H])NC([2H])([2H])C([2H])([2H])C([2H])(C2CCN(C(=O)OC(C)(C)C)CC2)C1([2H])[2H]. The Hall–Kier alpha value is -0.770. The molecule has 0 aromatic rings. The van der Waals surface area contributed by atoms with E-state index in [9.17, 15) is 4.79 Å². The molecule has 2 fully saturated rings. The summed E-state index contributed by atoms with van der Waals surface area (Å²) >= 11 is 0. The maximum atomic E-state index is 12.2. The largest absolute Gasteiger partial charge is 0.444 e. The minimum Gasteiger partial charge on any atom is -0.444 e. The summed E-state index contributed by atoms with van der Waals surface area (Å²) in [5.74, 6) is -3.71. The zero-order chi connectivity index (χ0) is 22.0. The van der Waals surface area contributed by atoms with Crippen molar-refractivity contribution in [3.05, 3.63) is 0 Å². The van der Waals surface area contributed by atoms with Crippen LogP contribution in [0.4, 0.5) is 4.79 Å². The summed E-state index contributed by atoms with van der Waals surface area (Å²) in [6.45, 7) is -0.563. The highest BCUT2D eigenvalue weighted by Crippen LogP contribution is 2.31. The van der Waals surface area contributed by atoms with E-state index in [0.717, 1.165) is 0 Å². The quantitative estimate of drug-likeness (QED) is 0.801. The first-order valence-electron chi connectivity index (χ1n) is 11.1. The average Bonchev–Trinajstić information content (AvgIpc) is 2.50. The van der Waals surface area contributed by atoms with Gasteiger partial charge in [0.05, 0.1) is 0 Å². The Balaban J connectivity index is 2.31. The molecule has 1 amide bonds. The van der Waals surface area contributed by atoms with Crippen LogP contribution >= 0.6 is 0 Å². The fourth-order valence-electron chi connectivity index (χ4n) is 2.14. The second-order valence-corrected chi connectivity index (χ2v) is 5.78. The summed E-state index contributed by atoms with van der Waals surface area (Å²) in [6, 6.07) is 0. The van der Waals surface area contributed by atoms with Crippen LogP contribution in [0.25, 0.3) is 0 Å². The van der Waals surface area contributed by atoms with E-state index in [0.29, 0.717) is 0 Å². The summed E-state index contributed by atoms with van der Waals surface area (Å²) in [7, 11) is 0. The average molecular weight is 277 g/mol. The van der Waals surface area contributed by atoms with Gasteiger partial charge in [-0.3, -0.25) is 0 Å². The molecule has 2 heterocycles. The van der Waals surface area contributed by atoms with Gasteiger partial charge < -0.3 is 15.0 Å². The summed E-state index contributed by atoms with van der Waals surface area (Å²) in [5.41, 5.74) is -0.694. The lowest BCUT2D eigenvalue weighted by Gasteiger charge is -2.38. The highest BCUT2D eigenvalue weighted by Gasteiger charge is 2.30. The highest BCUT2D eigenvalue weighted by molar-refractivity contribution is 5.68. The molecule has 0 radical (unpaired) electrons. The number of piperidine rings is 2. The number of hydrogen-bond acceptors (Lipinski definition) is 3. The van der Waals surface area contributed by atoms with Crippen LogP contribution in [-0.4, -0.2) is 42.7 Å². The standard InChI is InChI=1S/C15H28N2O2/c1-15(2,3)19-14(18)17-10-6-13(7-11-17)12-4-8-16-9-5-12/h12-13,16H,4-11H2,1-3H3/i4D2,5D2,8D2,9D2,12D. The van der Waals surface area contributed by atoms with E-state index in [-0.39, 0.29) is 25.9 Å². The number of nitrogens with zero attached hydrogens (tertiary/aromatic N) is 1. The van der Waals surface area contributed by atoms with Crippen molar-refractivity contribution in [2.45, 2.75) is 52.0 Å². The molecule has 2 aliphatic heterocycles. The van der Waals surface area contributed by atoms with Crippen molar-refractivity contribution in [2.75, 3.05) is 26.1 Å². The third-order valence-corrected chi connectivity index (χ3v) is 3.07. The molecule has 4 nitrogen and oxygen atoms in total. The second kappa shape index (κ2) is 6.12. The van der Waals surface area contributed by atoms with Gasteiger partial charge in [-0.2, -0.15) is 0 Å². The molecule has 19 heavy (non-hydrogen) atoms. The molecule has 2 rings (SSSR count). The minimum atomic E-state index is -3.02. The molecule has 4 heteroatoms. The van der Waals surface area contributed by atoms with Gasteiger partial charge in [0, 0.05) is 25.4 Å². The van der Waals surface area contributed by atoms with Crippen LogP contribution in [0.2, 0.25) is 0 Å². The molecule has 2 saturated heterocycles. The fraction of sp³-hybridized carbons (Fsp3) is 0.933. The summed E-state index contributed by atoms with van der Waals surface area (Å²) in [4.78, 5) is 13.6. The Morgan fingerprint density at radius 1 is 1.32 bits per heavy atom. The zero-order valence-corrected chi connectivity index (χ0v) is 11.7. The van der Waals surface area contributed by atoms with Crippen LogP contribution in [0.5, 0.6) is 0 Å². The van der Waals surface area contributed by atoms with Gasteiger partial charge in [-0.1, -0.05) is 0 Å². The normalized spacial score (nSPS) is 42.7. The number of carbonyl (C=O) groups excluding carboxylic acids is 1. The van der Waals surface area contributed by atoms with E-state index < -0.39 is 49.2 Å². The van der Waals surface area contributed by atoms with Crippen molar-refractivity contribution in [1.82, 2.24) is 10.2 Å². The fourth-order valence-corrected chi connectivity index (χ4v) is 2.14. The van der Waals surface area contributed by atoms with Gasteiger partial charge in [-0.05, 0) is 71.2 Å². The number of nitrogens with one attached hydrogen (secondary N) is 1. The van der Waals surface area contributed by atoms with Gasteiger partial charge in [-0.15, -0.1) is 0 Å². The molecule has 110 valence electrons. The van der Waals surface area contributed by atoms with Crippen molar-refractivity contribution in [3.8, 4) is 0 Å². The molecule has 1 N–H and O–H groups in total. The van der Waals surface area contributed by atoms with E-state index in [4.69, 9.17) is 17.1 Å². The molecule has 0 aromatic heterocycles. The lowest BCUT2D eigenvalue weighted by atomic mass is 9.79. The first kappa shape index (κ1) is 6.79. The molecule has 0 atom stereocenters. The Morgan fingerprint density at radius 3 is 2.42 bits per heavy atom. The number of hydrogen-bond donors (Lipinski definition) is 1. The predicted octanol–water partition coefficient (Wildman–Crippen LogP) is 2.63. The zero-order valence-electron chi connectivity index (χ0n) is 20.7. The lowest BCUT2D eigenvalue weighted by molar-refractivity contribution is 0.0150. The number of likely N-dealkylation sites (tertiary alicyclic amines) is 1. The molecule has 2 aliphatic rings. The number of carbonyl (C=O) groups is 1. The monoisotopic (exact) mass is 277 g/mol. The number of amides is 1. The van der Waals surface area contributed by atoms with Gasteiger partial charge in [0.2, 0.25) is 0 Å². The van der Waals surface area contributed by atoms with Crippen molar-refractivity contribution in [1.29, 1.82) is 0 Å². The highest BCUT2D eigenvalue weighted by atomic mass is 16.6. The minimum absolute atomic E-state index is 0.0356. The summed E-state index contributed by atoms with van der Waals surface area (Å²) in [5, 5.41) is 1.77. The third-order valence-electron chi connectivity index (χ3n) is 3.07. The Labute approximate surface area is 129 Å². The molecular formula is C15H28N2O2. The van der Waals surface area contributed by atoms with Crippen LogP contribution < -0.4 is 5.32 Å². The first-order valence-corrected chi connectivity index (χ1v) is 6.57. The maximum absolute atomic E-state index is 12.2. The lowest BCUT2D eigenvalue weighted by Crippen LogP contribution is -2.44. The molecule has 0 aliphatic carbocycles. The van der Waals surface area contributed by atoms with Crippen LogP contribution in [-0.2, 0) is 4.74 Å². The molecular weight excluding hydrogens is 240 g/mol. The van der Waals surface area contributed by atoms with Gasteiger partial charge >= 0.3 is 6.09 Å². The van der Waals surface area contributed by atoms with E-state index in [1.54, 1.807) is 26.1 Å². The van der Waals surface area contributed by atoms with Crippen molar-refractivity contribution < 1.29 is 21.9 Å². The van der Waals surface area contributed by atoms with Crippen LogP contribution in [0.3, 0.4) is 0 Å². The Bertz CT molecular complexity index is 599. The first-order chi connectivity index (χ1) is 12.3. The Morgan fingerprint density at radius 2 is 1.89 bits per heavy atom. The molecule has 0 spiro atoms. The molecule has 0 aromatic carbocycles. The van der Waals surface area contributed by atoms with Crippen molar-refractivity contribution in [2.24, 2.45) is 11.8 Å². The van der Waals surface area contributed by atoms with E-state index in [2.05, 4.69) is 0 Å². The predicted molar refractivity (Wildman–Crippen MR) is 76.1 cm³/mol. The van der Waals surface area contributed by atoms with Crippen molar-refractivity contribution in [3.63, 3.8) is 0 Å². The third kappa shape index (κ3) is 4.37. The van der Waals surface area contributed by atoms with Crippen LogP contribution in [0.1, 0.15) is 58.7 Å². The van der Waals surface area contributed by atoms with E-state index in [1.807, 2.05) is 0 Å². The molecule has 0 unspecified atom stereocenters. The molecule has 0 bridgehead atoms. The van der Waals surface area contributed by atoms with Gasteiger partial charge in [0.25, 0.3) is 0 Å². The summed E-state index contributed by atoms with van der Waals surface area (Å²) in [6.07, 6.45) is -6.53. The van der Waals surface area contributed by atoms with Gasteiger partial charge in [0.1, 0.15) is 5.60 Å². The van der Waals surface area contributed by atoms with Gasteiger partial charge in [0.15, 0.2) is 0 Å². The van der Waals surface area contributed by atoms with Crippen LogP contribution in [0.15, 0.2) is 0 Å². The smallest absolute Gasteiger partial charge is 0.410 e. The van der Waals surface area contributed by atoms with Gasteiger partial charge in [-0.25, -0.2) is 4.79 Å². The number of rotatable bonds is 1. The van der Waals surface area contributed by atoms with E-state index >= 15 is 0 Å². The maximum Gasteiger partial charge on any atom is 0.410 e. The molecule has 0 saturated carbocycles.